The summed E-state index contributed by atoms with van der Waals surface area (Å²) in [6.45, 7) is 1.14. The molecule has 0 aromatic heterocycles. The highest BCUT2D eigenvalue weighted by Gasteiger charge is 2.65. The van der Waals surface area contributed by atoms with Crippen LogP contribution in [0, 0.1) is 0 Å². The van der Waals surface area contributed by atoms with Crippen molar-refractivity contribution in [1.82, 2.24) is 14.7 Å². The van der Waals surface area contributed by atoms with Gasteiger partial charge in [-0.15, -0.1) is 0 Å². The van der Waals surface area contributed by atoms with Gasteiger partial charge in [-0.3, -0.25) is 29.1 Å². The number of ether oxygens (including phenoxy) is 1. The van der Waals surface area contributed by atoms with Crippen molar-refractivity contribution in [2.24, 2.45) is 0 Å². The maximum Gasteiger partial charge on any atom is 0.325 e. The van der Waals surface area contributed by atoms with Crippen LogP contribution in [0.5, 0.6) is 0 Å². The number of β-amino-alcohol motifs (C(OH)–C–C–N with tert-alkyl or cyclic N) is 1. The minimum absolute atomic E-state index is 0.314. The summed E-state index contributed by atoms with van der Waals surface area (Å²) in [4.78, 5) is 43.0. The van der Waals surface area contributed by atoms with E-state index in [0.717, 1.165) is 17.7 Å². The average Bonchev–Trinajstić information content (AvgIpc) is 3.00. The molecule has 1 N–H and O–H groups in total. The molecule has 0 unspecified atom stereocenters. The van der Waals surface area contributed by atoms with E-state index in [2.05, 4.69) is 9.64 Å². The van der Waals surface area contributed by atoms with Crippen LogP contribution in [0.3, 0.4) is 0 Å². The first kappa shape index (κ1) is 17.9. The fraction of sp³-hybridized carbons (Fsp3) is 0.833. The van der Waals surface area contributed by atoms with Crippen molar-refractivity contribution in [1.29, 1.82) is 0 Å². The van der Waals surface area contributed by atoms with Crippen molar-refractivity contribution >= 4 is 17.8 Å². The van der Waals surface area contributed by atoms with Gasteiger partial charge in [0.15, 0.2) is 0 Å². The zero-order chi connectivity index (χ0) is 18.5. The number of carbonyl (C=O) groups excluding carboxylic acids is 3. The number of hydrogen-bond acceptors (Lipinski definition) is 7. The predicted octanol–water partition coefficient (Wildman–Crippen LogP) is -0.649. The van der Waals surface area contributed by atoms with Gasteiger partial charge in [0, 0.05) is 25.7 Å². The number of carbonyl (C=O) groups is 3. The molecule has 3 heterocycles. The Labute approximate surface area is 153 Å². The SMILES string of the molecule is COC(=O)CN1C(=O)[C@@H]2C[C@@H](O)CN2C2(CN(C3CCCCC3)C2)C1=O. The molecule has 2 amide bonds. The maximum absolute atomic E-state index is 13.2. The number of piperazine rings is 1. The molecule has 8 heteroatoms. The van der Waals surface area contributed by atoms with Crippen LogP contribution in [0.15, 0.2) is 0 Å². The Kier molecular flexibility index (Phi) is 4.53. The van der Waals surface area contributed by atoms with Gasteiger partial charge in [-0.25, -0.2) is 0 Å². The van der Waals surface area contributed by atoms with Crippen LogP contribution in [0.1, 0.15) is 38.5 Å². The molecule has 1 saturated carbocycles. The van der Waals surface area contributed by atoms with Gasteiger partial charge in [0.1, 0.15) is 12.1 Å². The van der Waals surface area contributed by atoms with Gasteiger partial charge in [0.2, 0.25) is 5.91 Å². The van der Waals surface area contributed by atoms with Gasteiger partial charge in [-0.1, -0.05) is 19.3 Å². The molecule has 0 radical (unpaired) electrons. The number of fused-ring (bicyclic) bond motifs is 2. The van der Waals surface area contributed by atoms with Crippen LogP contribution in [-0.4, -0.2) is 94.6 Å². The smallest absolute Gasteiger partial charge is 0.325 e. The van der Waals surface area contributed by atoms with Crippen molar-refractivity contribution in [3.05, 3.63) is 0 Å². The first-order valence-corrected chi connectivity index (χ1v) is 9.58. The van der Waals surface area contributed by atoms with E-state index in [1.165, 1.54) is 26.4 Å². The molecule has 2 atom stereocenters. The third-order valence-electron chi connectivity index (χ3n) is 6.56. The summed E-state index contributed by atoms with van der Waals surface area (Å²) < 4.78 is 4.66. The van der Waals surface area contributed by atoms with E-state index < -0.39 is 29.6 Å². The van der Waals surface area contributed by atoms with Crippen molar-refractivity contribution in [3.63, 3.8) is 0 Å². The topological polar surface area (TPSA) is 90.4 Å². The number of methoxy groups -OCH3 is 1. The van der Waals surface area contributed by atoms with E-state index in [9.17, 15) is 19.5 Å². The molecule has 4 rings (SSSR count). The summed E-state index contributed by atoms with van der Waals surface area (Å²) in [7, 11) is 1.25. The first-order valence-electron chi connectivity index (χ1n) is 9.58. The van der Waals surface area contributed by atoms with Crippen LogP contribution in [-0.2, 0) is 19.1 Å². The number of hydrogen-bond donors (Lipinski definition) is 1. The Morgan fingerprint density at radius 1 is 1.23 bits per heavy atom. The largest absolute Gasteiger partial charge is 0.468 e. The normalized spacial score (nSPS) is 32.6. The molecular formula is C18H27N3O5. The first-order chi connectivity index (χ1) is 12.5. The Balaban J connectivity index is 1.57. The highest BCUT2D eigenvalue weighted by molar-refractivity contribution is 6.07. The molecule has 4 fully saturated rings. The Morgan fingerprint density at radius 3 is 2.58 bits per heavy atom. The van der Waals surface area contributed by atoms with Gasteiger partial charge in [0.05, 0.1) is 19.3 Å². The molecule has 1 aliphatic carbocycles. The quantitative estimate of drug-likeness (QED) is 0.525. The Hall–Kier alpha value is -1.51. The van der Waals surface area contributed by atoms with Gasteiger partial charge < -0.3 is 9.84 Å². The Morgan fingerprint density at radius 2 is 1.92 bits per heavy atom. The van der Waals surface area contributed by atoms with Crippen LogP contribution < -0.4 is 0 Å². The molecule has 0 aromatic rings. The summed E-state index contributed by atoms with van der Waals surface area (Å²) in [6.07, 6.45) is 5.73. The van der Waals surface area contributed by atoms with Crippen molar-refractivity contribution in [2.75, 3.05) is 33.3 Å². The number of aliphatic hydroxyl groups is 1. The number of nitrogens with zero attached hydrogens (tertiary/aromatic N) is 3. The molecule has 144 valence electrons. The number of likely N-dealkylation sites (tertiary alicyclic amines) is 1. The van der Waals surface area contributed by atoms with Crippen molar-refractivity contribution in [2.45, 2.75) is 62.3 Å². The molecule has 26 heavy (non-hydrogen) atoms. The van der Waals surface area contributed by atoms with Crippen molar-refractivity contribution in [3.8, 4) is 0 Å². The molecular weight excluding hydrogens is 338 g/mol. The van der Waals surface area contributed by atoms with Gasteiger partial charge >= 0.3 is 5.97 Å². The lowest BCUT2D eigenvalue weighted by Crippen LogP contribution is -2.82. The van der Waals surface area contributed by atoms with Crippen LogP contribution in [0.4, 0.5) is 0 Å². The fourth-order valence-electron chi connectivity index (χ4n) is 5.17. The zero-order valence-corrected chi connectivity index (χ0v) is 15.2. The molecule has 1 spiro atoms. The Bertz CT molecular complexity index is 612. The average molecular weight is 365 g/mol. The highest BCUT2D eigenvalue weighted by atomic mass is 16.5. The van der Waals surface area contributed by atoms with Gasteiger partial charge in [0.25, 0.3) is 5.91 Å². The summed E-state index contributed by atoms with van der Waals surface area (Å²) in [5.74, 6) is -1.30. The number of amides is 2. The summed E-state index contributed by atoms with van der Waals surface area (Å²) in [5.41, 5.74) is -0.790. The third-order valence-corrected chi connectivity index (χ3v) is 6.56. The molecule has 8 nitrogen and oxygen atoms in total. The lowest BCUT2D eigenvalue weighted by atomic mass is 9.79. The standard InChI is InChI=1S/C18H27N3O5/c1-26-15(23)9-20-16(24)14-7-13(22)8-21(14)18(17(20)25)10-19(11-18)12-5-3-2-4-6-12/h12-14,22H,2-11H2,1H3/t13-,14+/m1/s1. The van der Waals surface area contributed by atoms with E-state index in [-0.39, 0.29) is 12.5 Å². The van der Waals surface area contributed by atoms with Gasteiger partial charge in [-0.2, -0.15) is 0 Å². The van der Waals surface area contributed by atoms with E-state index in [1.54, 1.807) is 0 Å². The van der Waals surface area contributed by atoms with E-state index >= 15 is 0 Å². The second kappa shape index (κ2) is 6.58. The molecule has 3 aliphatic heterocycles. The second-order valence-corrected chi connectivity index (χ2v) is 8.09. The summed E-state index contributed by atoms with van der Waals surface area (Å²) >= 11 is 0. The lowest BCUT2D eigenvalue weighted by Gasteiger charge is -2.60. The monoisotopic (exact) mass is 365 g/mol. The van der Waals surface area contributed by atoms with Gasteiger partial charge in [-0.05, 0) is 19.3 Å². The van der Waals surface area contributed by atoms with Crippen LogP contribution in [0.25, 0.3) is 0 Å². The van der Waals surface area contributed by atoms with Crippen LogP contribution in [0.2, 0.25) is 0 Å². The van der Waals surface area contributed by atoms with Crippen LogP contribution >= 0.6 is 0 Å². The molecule has 0 aromatic carbocycles. The molecule has 0 bridgehead atoms. The summed E-state index contributed by atoms with van der Waals surface area (Å²) in [5, 5.41) is 10.1. The predicted molar refractivity (Wildman–Crippen MR) is 91.0 cm³/mol. The maximum atomic E-state index is 13.2. The van der Waals surface area contributed by atoms with E-state index in [0.29, 0.717) is 32.1 Å². The lowest BCUT2D eigenvalue weighted by molar-refractivity contribution is -0.185. The fourth-order valence-corrected chi connectivity index (χ4v) is 5.17. The molecule has 3 saturated heterocycles. The summed E-state index contributed by atoms with van der Waals surface area (Å²) in [6, 6.07) is -0.0271. The zero-order valence-electron chi connectivity index (χ0n) is 15.2. The van der Waals surface area contributed by atoms with Crippen molar-refractivity contribution < 1.29 is 24.2 Å². The van der Waals surface area contributed by atoms with E-state index in [4.69, 9.17) is 0 Å². The van der Waals surface area contributed by atoms with E-state index in [1.807, 2.05) is 4.90 Å². The number of rotatable bonds is 3. The highest BCUT2D eigenvalue weighted by Crippen LogP contribution is 2.42. The second-order valence-electron chi connectivity index (χ2n) is 8.09. The third kappa shape index (κ3) is 2.66. The number of esters is 1. The minimum atomic E-state index is -0.790. The number of imide groups is 1. The molecule has 4 aliphatic rings. The number of aliphatic hydroxyl groups excluding tert-OH is 1. The minimum Gasteiger partial charge on any atom is -0.468 e.